The van der Waals surface area contributed by atoms with Crippen molar-refractivity contribution in [1.82, 2.24) is 5.32 Å². The molecule has 0 heterocycles. The van der Waals surface area contributed by atoms with Crippen molar-refractivity contribution in [2.24, 2.45) is 0 Å². The summed E-state index contributed by atoms with van der Waals surface area (Å²) in [5, 5.41) is 19.8. The third-order valence-corrected chi connectivity index (χ3v) is 2.65. The molecule has 0 saturated carbocycles. The first-order valence-corrected chi connectivity index (χ1v) is 5.74. The van der Waals surface area contributed by atoms with Gasteiger partial charge < -0.3 is 20.3 Å². The minimum atomic E-state index is -1.28. The van der Waals surface area contributed by atoms with Crippen molar-refractivity contribution in [2.75, 3.05) is 13.7 Å². The molecule has 1 amide bonds. The van der Waals surface area contributed by atoms with Gasteiger partial charge in [0.15, 0.2) is 0 Å². The number of carbonyl (C=O) groups is 2. The minimum absolute atomic E-state index is 0.0282. The minimum Gasteiger partial charge on any atom is -0.496 e. The van der Waals surface area contributed by atoms with Crippen LogP contribution in [0.25, 0.3) is 0 Å². The summed E-state index contributed by atoms with van der Waals surface area (Å²) >= 11 is 0. The van der Waals surface area contributed by atoms with Crippen LogP contribution in [0, 0.1) is 6.92 Å². The first-order chi connectivity index (χ1) is 8.97. The van der Waals surface area contributed by atoms with Crippen molar-refractivity contribution in [1.29, 1.82) is 0 Å². The number of carboxylic acid groups (broad SMARTS) is 1. The lowest BCUT2D eigenvalue weighted by atomic mass is 10.1. The normalized spacial score (nSPS) is 11.7. The van der Waals surface area contributed by atoms with Gasteiger partial charge in [-0.1, -0.05) is 12.1 Å². The monoisotopic (exact) mass is 267 g/mol. The number of carbonyl (C=O) groups excluding carboxylic acids is 1. The lowest BCUT2D eigenvalue weighted by molar-refractivity contribution is -0.142. The molecule has 0 bridgehead atoms. The number of methoxy groups -OCH3 is 1. The number of nitrogens with one attached hydrogen (secondary N) is 1. The highest BCUT2D eigenvalue weighted by Gasteiger charge is 2.18. The number of amides is 1. The lowest BCUT2D eigenvalue weighted by Gasteiger charge is -2.12. The Morgan fingerprint density at radius 3 is 2.63 bits per heavy atom. The van der Waals surface area contributed by atoms with Crippen molar-refractivity contribution in [2.45, 2.75) is 19.4 Å². The van der Waals surface area contributed by atoms with Crippen LogP contribution < -0.4 is 10.1 Å². The Morgan fingerprint density at radius 1 is 1.42 bits per heavy atom. The van der Waals surface area contributed by atoms with Crippen LogP contribution in [0.1, 0.15) is 11.1 Å². The largest absolute Gasteiger partial charge is 0.496 e. The molecular formula is C13H17NO5. The quantitative estimate of drug-likeness (QED) is 0.679. The Kier molecular flexibility index (Phi) is 5.32. The fourth-order valence-electron chi connectivity index (χ4n) is 1.59. The summed E-state index contributed by atoms with van der Waals surface area (Å²) in [6, 6.07) is 4.04. The number of rotatable bonds is 6. The van der Waals surface area contributed by atoms with Crippen LogP contribution in [-0.2, 0) is 16.0 Å². The van der Waals surface area contributed by atoms with E-state index in [2.05, 4.69) is 5.32 Å². The zero-order valence-electron chi connectivity index (χ0n) is 10.8. The van der Waals surface area contributed by atoms with E-state index in [9.17, 15) is 9.59 Å². The zero-order valence-corrected chi connectivity index (χ0v) is 10.8. The third kappa shape index (κ3) is 4.26. The average Bonchev–Trinajstić information content (AvgIpc) is 2.37. The smallest absolute Gasteiger partial charge is 0.328 e. The molecule has 0 aliphatic rings. The van der Waals surface area contributed by atoms with Crippen LogP contribution in [0.4, 0.5) is 0 Å². The van der Waals surface area contributed by atoms with E-state index in [0.29, 0.717) is 11.3 Å². The fraction of sp³-hybridized carbons (Fsp3) is 0.385. The van der Waals surface area contributed by atoms with Crippen molar-refractivity contribution >= 4 is 11.9 Å². The summed E-state index contributed by atoms with van der Waals surface area (Å²) in [5.74, 6) is -1.06. The first kappa shape index (κ1) is 15.0. The van der Waals surface area contributed by atoms with E-state index in [1.54, 1.807) is 19.2 Å². The second-order valence-corrected chi connectivity index (χ2v) is 4.12. The highest BCUT2D eigenvalue weighted by atomic mass is 16.5. The van der Waals surface area contributed by atoms with Crippen LogP contribution in [0.2, 0.25) is 0 Å². The van der Waals surface area contributed by atoms with E-state index >= 15 is 0 Å². The van der Waals surface area contributed by atoms with Gasteiger partial charge in [-0.25, -0.2) is 4.79 Å². The van der Waals surface area contributed by atoms with E-state index in [1.807, 2.05) is 13.0 Å². The molecule has 104 valence electrons. The van der Waals surface area contributed by atoms with Crippen molar-refractivity contribution < 1.29 is 24.5 Å². The number of hydrogen-bond donors (Lipinski definition) is 3. The highest BCUT2D eigenvalue weighted by Crippen LogP contribution is 2.19. The first-order valence-electron chi connectivity index (χ1n) is 5.74. The molecule has 0 spiro atoms. The van der Waals surface area contributed by atoms with Crippen molar-refractivity contribution in [3.8, 4) is 5.75 Å². The Bertz CT molecular complexity index is 472. The Morgan fingerprint density at radius 2 is 2.11 bits per heavy atom. The standard InChI is InChI=1S/C13H17NO5/c1-8-3-4-9(5-11(8)19-2)6-12(16)14-10(7-15)13(17)18/h3-5,10,15H,6-7H2,1-2H3,(H,14,16)(H,17,18). The highest BCUT2D eigenvalue weighted by molar-refractivity contribution is 5.85. The summed E-state index contributed by atoms with van der Waals surface area (Å²) in [7, 11) is 1.54. The maximum absolute atomic E-state index is 11.6. The number of ether oxygens (including phenoxy) is 1. The number of hydrogen-bond acceptors (Lipinski definition) is 4. The Hall–Kier alpha value is -2.08. The topological polar surface area (TPSA) is 95.9 Å². The number of aliphatic hydroxyl groups excluding tert-OH is 1. The molecular weight excluding hydrogens is 250 g/mol. The van der Waals surface area contributed by atoms with E-state index in [1.165, 1.54) is 0 Å². The number of benzene rings is 1. The molecule has 0 aliphatic carbocycles. The van der Waals surface area contributed by atoms with Gasteiger partial charge in [-0.15, -0.1) is 0 Å². The van der Waals surface area contributed by atoms with Crippen LogP contribution >= 0.6 is 0 Å². The van der Waals surface area contributed by atoms with Crippen LogP contribution in [-0.4, -0.2) is 41.8 Å². The molecule has 1 unspecified atom stereocenters. The molecule has 0 aromatic heterocycles. The van der Waals surface area contributed by atoms with E-state index in [-0.39, 0.29) is 6.42 Å². The molecule has 1 aromatic carbocycles. The van der Waals surface area contributed by atoms with Gasteiger partial charge in [0.1, 0.15) is 11.8 Å². The number of aliphatic carboxylic acids is 1. The van der Waals surface area contributed by atoms with Crippen LogP contribution in [0.5, 0.6) is 5.75 Å². The second kappa shape index (κ2) is 6.75. The van der Waals surface area contributed by atoms with Crippen LogP contribution in [0.3, 0.4) is 0 Å². The molecule has 0 aliphatic heterocycles. The summed E-state index contributed by atoms with van der Waals surface area (Å²) < 4.78 is 5.14. The maximum atomic E-state index is 11.6. The second-order valence-electron chi connectivity index (χ2n) is 4.12. The Labute approximate surface area is 111 Å². The summed E-state index contributed by atoms with van der Waals surface area (Å²) in [6.45, 7) is 1.24. The third-order valence-electron chi connectivity index (χ3n) is 2.65. The molecule has 6 nitrogen and oxygen atoms in total. The number of aryl methyl sites for hydroxylation is 1. The molecule has 1 atom stereocenters. The van der Waals surface area contributed by atoms with Gasteiger partial charge in [0.05, 0.1) is 20.1 Å². The molecule has 6 heteroatoms. The van der Waals surface area contributed by atoms with Gasteiger partial charge >= 0.3 is 5.97 Å². The van der Waals surface area contributed by atoms with Gasteiger partial charge in [-0.05, 0) is 24.1 Å². The molecule has 3 N–H and O–H groups in total. The van der Waals surface area contributed by atoms with Gasteiger partial charge in [0, 0.05) is 0 Å². The predicted octanol–water partition coefficient (Wildman–Crippen LogP) is 0.108. The van der Waals surface area contributed by atoms with Crippen molar-refractivity contribution in [3.05, 3.63) is 29.3 Å². The van der Waals surface area contributed by atoms with Crippen LogP contribution in [0.15, 0.2) is 18.2 Å². The zero-order chi connectivity index (χ0) is 14.4. The number of carboxylic acids is 1. The van der Waals surface area contributed by atoms with E-state index in [0.717, 1.165) is 5.56 Å². The average molecular weight is 267 g/mol. The van der Waals surface area contributed by atoms with Crippen molar-refractivity contribution in [3.63, 3.8) is 0 Å². The maximum Gasteiger partial charge on any atom is 0.328 e. The molecule has 1 aromatic rings. The molecule has 19 heavy (non-hydrogen) atoms. The Balaban J connectivity index is 2.69. The summed E-state index contributed by atoms with van der Waals surface area (Å²) in [4.78, 5) is 22.3. The summed E-state index contributed by atoms with van der Waals surface area (Å²) in [6.07, 6.45) is 0.0282. The van der Waals surface area contributed by atoms with Gasteiger partial charge in [-0.3, -0.25) is 4.79 Å². The molecule has 0 saturated heterocycles. The SMILES string of the molecule is COc1cc(CC(=O)NC(CO)C(=O)O)ccc1C. The van der Waals surface area contributed by atoms with Gasteiger partial charge in [-0.2, -0.15) is 0 Å². The van der Waals surface area contributed by atoms with Gasteiger partial charge in [0.25, 0.3) is 0 Å². The van der Waals surface area contributed by atoms with E-state index in [4.69, 9.17) is 14.9 Å². The number of aliphatic hydroxyl groups is 1. The lowest BCUT2D eigenvalue weighted by Crippen LogP contribution is -2.43. The predicted molar refractivity (Wildman–Crippen MR) is 68.1 cm³/mol. The molecule has 0 radical (unpaired) electrons. The molecule has 0 fully saturated rings. The summed E-state index contributed by atoms with van der Waals surface area (Å²) in [5.41, 5.74) is 1.66. The fourth-order valence-corrected chi connectivity index (χ4v) is 1.59. The van der Waals surface area contributed by atoms with Gasteiger partial charge in [0.2, 0.25) is 5.91 Å². The van der Waals surface area contributed by atoms with E-state index < -0.39 is 24.5 Å². The molecule has 1 rings (SSSR count).